The van der Waals surface area contributed by atoms with Crippen LogP contribution in [0.1, 0.15) is 22.3 Å². The van der Waals surface area contributed by atoms with E-state index >= 15 is 0 Å². The second-order valence-corrected chi connectivity index (χ2v) is 5.09. The number of aromatic carboxylic acids is 1. The summed E-state index contributed by atoms with van der Waals surface area (Å²) in [7, 11) is 2.09. The first-order valence-electron chi connectivity index (χ1n) is 6.48. The number of hydrogen-bond acceptors (Lipinski definition) is 3. The third-order valence-electron chi connectivity index (χ3n) is 3.42. The fraction of sp³-hybridized carbons (Fsp3) is 0.500. The monoisotopic (exact) mass is 266 g/mol. The summed E-state index contributed by atoms with van der Waals surface area (Å²) >= 11 is 0. The van der Waals surface area contributed by atoms with Gasteiger partial charge in [0.2, 0.25) is 0 Å². The SMILES string of the molecule is CN1CCCN(Cc2cc(F)cc(C(=O)O)c2)CC1. The summed E-state index contributed by atoms with van der Waals surface area (Å²) in [5, 5.41) is 8.93. The molecule has 1 saturated heterocycles. The molecule has 19 heavy (non-hydrogen) atoms. The molecule has 104 valence electrons. The van der Waals surface area contributed by atoms with Crippen molar-refractivity contribution in [2.75, 3.05) is 33.2 Å². The van der Waals surface area contributed by atoms with Gasteiger partial charge in [-0.15, -0.1) is 0 Å². The molecule has 0 bridgehead atoms. The second-order valence-electron chi connectivity index (χ2n) is 5.09. The van der Waals surface area contributed by atoms with Gasteiger partial charge in [0.05, 0.1) is 5.56 Å². The lowest BCUT2D eigenvalue weighted by atomic mass is 10.1. The molecule has 1 aromatic rings. The maximum atomic E-state index is 13.4. The molecule has 1 N–H and O–H groups in total. The van der Waals surface area contributed by atoms with E-state index in [0.717, 1.165) is 44.2 Å². The molecule has 4 nitrogen and oxygen atoms in total. The van der Waals surface area contributed by atoms with Gasteiger partial charge >= 0.3 is 5.97 Å². The molecule has 1 aromatic carbocycles. The maximum absolute atomic E-state index is 13.4. The Morgan fingerprint density at radius 2 is 2.05 bits per heavy atom. The van der Waals surface area contributed by atoms with Crippen molar-refractivity contribution in [2.45, 2.75) is 13.0 Å². The van der Waals surface area contributed by atoms with Gasteiger partial charge in [0.1, 0.15) is 5.82 Å². The van der Waals surface area contributed by atoms with Gasteiger partial charge in [-0.25, -0.2) is 9.18 Å². The van der Waals surface area contributed by atoms with E-state index in [1.807, 2.05) is 0 Å². The van der Waals surface area contributed by atoms with Crippen molar-refractivity contribution in [3.63, 3.8) is 0 Å². The molecule has 5 heteroatoms. The Morgan fingerprint density at radius 1 is 1.26 bits per heavy atom. The van der Waals surface area contributed by atoms with Crippen LogP contribution >= 0.6 is 0 Å². The van der Waals surface area contributed by atoms with E-state index in [1.165, 1.54) is 6.07 Å². The van der Waals surface area contributed by atoms with Crippen molar-refractivity contribution >= 4 is 5.97 Å². The van der Waals surface area contributed by atoms with Crippen LogP contribution in [0.3, 0.4) is 0 Å². The summed E-state index contributed by atoms with van der Waals surface area (Å²) in [6.45, 7) is 4.55. The van der Waals surface area contributed by atoms with Crippen LogP contribution in [0.4, 0.5) is 4.39 Å². The van der Waals surface area contributed by atoms with Crippen molar-refractivity contribution in [3.05, 3.63) is 35.1 Å². The summed E-state index contributed by atoms with van der Waals surface area (Å²) in [6.07, 6.45) is 1.08. The van der Waals surface area contributed by atoms with Gasteiger partial charge in [-0.3, -0.25) is 4.90 Å². The maximum Gasteiger partial charge on any atom is 0.335 e. The standard InChI is InChI=1S/C14H19FN2O2/c1-16-3-2-4-17(6-5-16)10-11-7-12(14(18)19)9-13(15)8-11/h7-9H,2-6,10H2,1H3,(H,18,19). The van der Waals surface area contributed by atoms with E-state index in [-0.39, 0.29) is 5.56 Å². The minimum Gasteiger partial charge on any atom is -0.478 e. The zero-order valence-corrected chi connectivity index (χ0v) is 11.1. The average molecular weight is 266 g/mol. The van der Waals surface area contributed by atoms with Crippen LogP contribution in [0.25, 0.3) is 0 Å². The molecule has 0 unspecified atom stereocenters. The summed E-state index contributed by atoms with van der Waals surface area (Å²) in [4.78, 5) is 15.4. The lowest BCUT2D eigenvalue weighted by molar-refractivity contribution is 0.0696. The molecule has 2 rings (SSSR count). The van der Waals surface area contributed by atoms with Gasteiger partial charge in [0, 0.05) is 19.6 Å². The highest BCUT2D eigenvalue weighted by Gasteiger charge is 2.14. The van der Waals surface area contributed by atoms with E-state index in [2.05, 4.69) is 16.8 Å². The van der Waals surface area contributed by atoms with Crippen molar-refractivity contribution in [2.24, 2.45) is 0 Å². The van der Waals surface area contributed by atoms with E-state index in [1.54, 1.807) is 6.07 Å². The molecule has 0 atom stereocenters. The fourth-order valence-corrected chi connectivity index (χ4v) is 2.38. The lowest BCUT2D eigenvalue weighted by Gasteiger charge is -2.20. The molecule has 0 aromatic heterocycles. The zero-order valence-electron chi connectivity index (χ0n) is 11.1. The number of carboxylic acid groups (broad SMARTS) is 1. The molecular formula is C14H19FN2O2. The smallest absolute Gasteiger partial charge is 0.335 e. The number of likely N-dealkylation sites (N-methyl/N-ethyl adjacent to an activating group) is 1. The van der Waals surface area contributed by atoms with Gasteiger partial charge in [-0.1, -0.05) is 0 Å². The molecule has 0 amide bonds. The molecule has 1 aliphatic rings. The van der Waals surface area contributed by atoms with Gasteiger partial charge in [0.15, 0.2) is 0 Å². The number of rotatable bonds is 3. The van der Waals surface area contributed by atoms with Crippen molar-refractivity contribution in [3.8, 4) is 0 Å². The summed E-state index contributed by atoms with van der Waals surface area (Å²) in [5.74, 6) is -1.57. The molecule has 0 radical (unpaired) electrons. The highest BCUT2D eigenvalue weighted by molar-refractivity contribution is 5.87. The molecule has 0 spiro atoms. The number of benzene rings is 1. The van der Waals surface area contributed by atoms with Crippen molar-refractivity contribution < 1.29 is 14.3 Å². The fourth-order valence-electron chi connectivity index (χ4n) is 2.38. The minimum absolute atomic E-state index is 0.0157. The van der Waals surface area contributed by atoms with Gasteiger partial charge in [-0.05, 0) is 50.3 Å². The Kier molecular flexibility index (Phi) is 4.50. The normalized spacial score (nSPS) is 18.2. The van der Waals surface area contributed by atoms with Gasteiger partial charge < -0.3 is 10.0 Å². The number of halogens is 1. The first-order chi connectivity index (χ1) is 9.04. The third kappa shape index (κ3) is 4.01. The highest BCUT2D eigenvalue weighted by atomic mass is 19.1. The molecule has 0 aliphatic carbocycles. The Bertz CT molecular complexity index is 465. The van der Waals surface area contributed by atoms with Gasteiger partial charge in [0.25, 0.3) is 0 Å². The number of nitrogens with zero attached hydrogens (tertiary/aromatic N) is 2. The Hall–Kier alpha value is -1.46. The molecule has 1 aliphatic heterocycles. The Balaban J connectivity index is 2.07. The van der Waals surface area contributed by atoms with E-state index < -0.39 is 11.8 Å². The quantitative estimate of drug-likeness (QED) is 0.903. The second kappa shape index (κ2) is 6.12. The average Bonchev–Trinajstić information content (AvgIpc) is 2.54. The molecule has 1 fully saturated rings. The Labute approximate surface area is 112 Å². The highest BCUT2D eigenvalue weighted by Crippen LogP contribution is 2.13. The van der Waals surface area contributed by atoms with Crippen LogP contribution in [0, 0.1) is 5.82 Å². The van der Waals surface area contributed by atoms with Crippen LogP contribution in [0.15, 0.2) is 18.2 Å². The van der Waals surface area contributed by atoms with E-state index in [4.69, 9.17) is 5.11 Å². The van der Waals surface area contributed by atoms with Crippen LogP contribution in [0.5, 0.6) is 0 Å². The number of carbonyl (C=O) groups is 1. The number of carboxylic acids is 1. The summed E-state index contributed by atoms with van der Waals surface area (Å²) < 4.78 is 13.4. The topological polar surface area (TPSA) is 43.8 Å². The van der Waals surface area contributed by atoms with Crippen LogP contribution in [-0.2, 0) is 6.54 Å². The van der Waals surface area contributed by atoms with Crippen LogP contribution in [0.2, 0.25) is 0 Å². The van der Waals surface area contributed by atoms with Crippen LogP contribution in [-0.4, -0.2) is 54.1 Å². The predicted octanol–water partition coefficient (Wildman–Crippen LogP) is 1.66. The van der Waals surface area contributed by atoms with Gasteiger partial charge in [-0.2, -0.15) is 0 Å². The minimum atomic E-state index is -1.09. The largest absolute Gasteiger partial charge is 0.478 e. The van der Waals surface area contributed by atoms with Crippen molar-refractivity contribution in [1.29, 1.82) is 0 Å². The van der Waals surface area contributed by atoms with E-state index in [9.17, 15) is 9.18 Å². The summed E-state index contributed by atoms with van der Waals surface area (Å²) in [6, 6.07) is 4.03. The predicted molar refractivity (Wildman–Crippen MR) is 70.8 cm³/mol. The van der Waals surface area contributed by atoms with Crippen LogP contribution < -0.4 is 0 Å². The zero-order chi connectivity index (χ0) is 13.8. The first-order valence-corrected chi connectivity index (χ1v) is 6.48. The van der Waals surface area contributed by atoms with E-state index in [0.29, 0.717) is 6.54 Å². The lowest BCUT2D eigenvalue weighted by Crippen LogP contribution is -2.28. The van der Waals surface area contributed by atoms with Crippen molar-refractivity contribution in [1.82, 2.24) is 9.80 Å². The molecule has 1 heterocycles. The molecular weight excluding hydrogens is 247 g/mol. The third-order valence-corrected chi connectivity index (χ3v) is 3.42. The summed E-state index contributed by atoms with van der Waals surface area (Å²) in [5.41, 5.74) is 0.740. The Morgan fingerprint density at radius 3 is 2.79 bits per heavy atom. The molecule has 0 saturated carbocycles. The first kappa shape index (κ1) is 14.0. The number of hydrogen-bond donors (Lipinski definition) is 1.